The van der Waals surface area contributed by atoms with Crippen LogP contribution in [0.4, 0.5) is 0 Å². The summed E-state index contributed by atoms with van der Waals surface area (Å²) in [6.45, 7) is 0. The molecule has 1 N–H and O–H groups in total. The molecule has 2 aromatic carbocycles. The predicted octanol–water partition coefficient (Wildman–Crippen LogP) is 2.83. The number of methoxy groups -OCH3 is 1. The van der Waals surface area contributed by atoms with E-state index < -0.39 is 17.9 Å². The number of hydrogen-bond acceptors (Lipinski definition) is 4. The first kappa shape index (κ1) is 17.7. The summed E-state index contributed by atoms with van der Waals surface area (Å²) < 4.78 is 5.71. The first-order chi connectivity index (χ1) is 11.5. The van der Waals surface area contributed by atoms with Crippen molar-refractivity contribution >= 4 is 27.8 Å². The number of carbonyl (C=O) groups is 2. The highest BCUT2D eigenvalue weighted by Gasteiger charge is 2.22. The SMILES string of the molecule is COC(=O)[C@@H](Cc1ccc(Br)cc1)NC(=O)c1ccc(C#N)cc1. The van der Waals surface area contributed by atoms with Gasteiger partial charge in [0, 0.05) is 16.5 Å². The van der Waals surface area contributed by atoms with Crippen molar-refractivity contribution in [3.8, 4) is 6.07 Å². The summed E-state index contributed by atoms with van der Waals surface area (Å²) in [5.41, 5.74) is 1.73. The van der Waals surface area contributed by atoms with Crippen molar-refractivity contribution < 1.29 is 14.3 Å². The lowest BCUT2D eigenvalue weighted by Crippen LogP contribution is -2.43. The quantitative estimate of drug-likeness (QED) is 0.801. The van der Waals surface area contributed by atoms with E-state index in [1.54, 1.807) is 24.3 Å². The maximum absolute atomic E-state index is 12.3. The molecule has 0 aliphatic rings. The third-order valence-corrected chi connectivity index (χ3v) is 3.95. The van der Waals surface area contributed by atoms with Crippen LogP contribution in [0.15, 0.2) is 53.0 Å². The zero-order valence-corrected chi connectivity index (χ0v) is 14.5. The minimum absolute atomic E-state index is 0.321. The van der Waals surface area contributed by atoms with Crippen molar-refractivity contribution in [1.82, 2.24) is 5.32 Å². The number of rotatable bonds is 5. The van der Waals surface area contributed by atoms with Gasteiger partial charge in [0.05, 0.1) is 18.7 Å². The Labute approximate surface area is 148 Å². The molecule has 2 rings (SSSR count). The van der Waals surface area contributed by atoms with Gasteiger partial charge < -0.3 is 10.1 Å². The van der Waals surface area contributed by atoms with E-state index in [-0.39, 0.29) is 0 Å². The first-order valence-corrected chi connectivity index (χ1v) is 7.96. The first-order valence-electron chi connectivity index (χ1n) is 7.17. The number of amides is 1. The average molecular weight is 387 g/mol. The Morgan fingerprint density at radius 2 is 1.79 bits per heavy atom. The van der Waals surface area contributed by atoms with Gasteiger partial charge in [0.2, 0.25) is 0 Å². The lowest BCUT2D eigenvalue weighted by molar-refractivity contribution is -0.142. The third-order valence-electron chi connectivity index (χ3n) is 3.42. The van der Waals surface area contributed by atoms with E-state index in [4.69, 9.17) is 10.00 Å². The second kappa shape index (κ2) is 8.27. The zero-order chi connectivity index (χ0) is 17.5. The topological polar surface area (TPSA) is 79.2 Å². The monoisotopic (exact) mass is 386 g/mol. The van der Waals surface area contributed by atoms with Gasteiger partial charge in [0.1, 0.15) is 6.04 Å². The molecule has 2 aromatic rings. The molecule has 6 heteroatoms. The molecule has 0 aliphatic carbocycles. The standard InChI is InChI=1S/C18H15BrN2O3/c1-24-18(23)16(10-12-4-8-15(19)9-5-12)21-17(22)14-6-2-13(11-20)3-7-14/h2-9,16H,10H2,1H3,(H,21,22)/t16-/m1/s1. The molecular formula is C18H15BrN2O3. The highest BCUT2D eigenvalue weighted by Crippen LogP contribution is 2.13. The Bertz CT molecular complexity index is 764. The Hall–Kier alpha value is -2.65. The highest BCUT2D eigenvalue weighted by atomic mass is 79.9. The van der Waals surface area contributed by atoms with Crippen LogP contribution in [-0.2, 0) is 16.0 Å². The third kappa shape index (κ3) is 4.67. The van der Waals surface area contributed by atoms with Gasteiger partial charge in [-0.2, -0.15) is 5.26 Å². The van der Waals surface area contributed by atoms with Crippen LogP contribution in [0.3, 0.4) is 0 Å². The molecule has 0 spiro atoms. The lowest BCUT2D eigenvalue weighted by Gasteiger charge is -2.17. The van der Waals surface area contributed by atoms with Crippen LogP contribution in [-0.4, -0.2) is 25.0 Å². The van der Waals surface area contributed by atoms with Gasteiger partial charge in [-0.05, 0) is 42.0 Å². The van der Waals surface area contributed by atoms with Gasteiger partial charge in [-0.3, -0.25) is 4.79 Å². The molecule has 122 valence electrons. The van der Waals surface area contributed by atoms with Crippen molar-refractivity contribution in [2.45, 2.75) is 12.5 Å². The smallest absolute Gasteiger partial charge is 0.328 e. The van der Waals surface area contributed by atoms with E-state index in [0.717, 1.165) is 10.0 Å². The molecular weight excluding hydrogens is 372 g/mol. The average Bonchev–Trinajstić information content (AvgIpc) is 2.62. The van der Waals surface area contributed by atoms with Gasteiger partial charge >= 0.3 is 5.97 Å². The van der Waals surface area contributed by atoms with Crippen molar-refractivity contribution in [3.05, 3.63) is 69.7 Å². The number of nitriles is 1. The van der Waals surface area contributed by atoms with Gasteiger partial charge in [-0.25, -0.2) is 4.79 Å². The predicted molar refractivity (Wildman–Crippen MR) is 92.3 cm³/mol. The van der Waals surface area contributed by atoms with Gasteiger partial charge in [0.25, 0.3) is 5.91 Å². The summed E-state index contributed by atoms with van der Waals surface area (Å²) in [5, 5.41) is 11.5. The van der Waals surface area contributed by atoms with E-state index >= 15 is 0 Å². The minimum atomic E-state index is -0.792. The van der Waals surface area contributed by atoms with Crippen LogP contribution in [0.25, 0.3) is 0 Å². The number of carbonyl (C=O) groups excluding carboxylic acids is 2. The summed E-state index contributed by atoms with van der Waals surface area (Å²) in [7, 11) is 1.28. The number of benzene rings is 2. The second-order valence-electron chi connectivity index (χ2n) is 5.07. The highest BCUT2D eigenvalue weighted by molar-refractivity contribution is 9.10. The lowest BCUT2D eigenvalue weighted by atomic mass is 10.1. The molecule has 0 bridgehead atoms. The van der Waals surface area contributed by atoms with E-state index in [2.05, 4.69) is 21.2 Å². The Morgan fingerprint density at radius 1 is 1.17 bits per heavy atom. The van der Waals surface area contributed by atoms with Crippen LogP contribution in [0.2, 0.25) is 0 Å². The fourth-order valence-electron chi connectivity index (χ4n) is 2.13. The molecule has 0 aromatic heterocycles. The molecule has 0 aliphatic heterocycles. The molecule has 1 atom stereocenters. The summed E-state index contributed by atoms with van der Waals surface area (Å²) in [6, 6.07) is 14.9. The van der Waals surface area contributed by atoms with Crippen LogP contribution in [0.5, 0.6) is 0 Å². The summed E-state index contributed by atoms with van der Waals surface area (Å²) >= 11 is 3.35. The maximum Gasteiger partial charge on any atom is 0.328 e. The number of nitrogens with one attached hydrogen (secondary N) is 1. The van der Waals surface area contributed by atoms with Gasteiger partial charge in [-0.1, -0.05) is 28.1 Å². The van der Waals surface area contributed by atoms with E-state index in [1.807, 2.05) is 30.3 Å². The maximum atomic E-state index is 12.3. The number of esters is 1. The Kier molecular flexibility index (Phi) is 6.10. The van der Waals surface area contributed by atoms with E-state index in [1.165, 1.54) is 7.11 Å². The molecule has 0 saturated heterocycles. The van der Waals surface area contributed by atoms with Crippen molar-refractivity contribution in [2.75, 3.05) is 7.11 Å². The molecule has 0 saturated carbocycles. The Balaban J connectivity index is 2.12. The van der Waals surface area contributed by atoms with E-state index in [0.29, 0.717) is 17.5 Å². The molecule has 0 heterocycles. The summed E-state index contributed by atoms with van der Waals surface area (Å²) in [6.07, 6.45) is 0.321. The van der Waals surface area contributed by atoms with E-state index in [9.17, 15) is 9.59 Å². The molecule has 0 unspecified atom stereocenters. The van der Waals surface area contributed by atoms with Gasteiger partial charge in [-0.15, -0.1) is 0 Å². The van der Waals surface area contributed by atoms with Crippen LogP contribution < -0.4 is 5.32 Å². The second-order valence-corrected chi connectivity index (χ2v) is 5.98. The van der Waals surface area contributed by atoms with Crippen molar-refractivity contribution in [2.24, 2.45) is 0 Å². The van der Waals surface area contributed by atoms with Crippen LogP contribution >= 0.6 is 15.9 Å². The fourth-order valence-corrected chi connectivity index (χ4v) is 2.39. The summed E-state index contributed by atoms with van der Waals surface area (Å²) in [5.74, 6) is -0.910. The number of hydrogen-bond donors (Lipinski definition) is 1. The molecule has 0 radical (unpaired) electrons. The number of ether oxygens (including phenoxy) is 1. The largest absolute Gasteiger partial charge is 0.467 e. The number of nitrogens with zero attached hydrogens (tertiary/aromatic N) is 1. The summed E-state index contributed by atoms with van der Waals surface area (Å²) in [4.78, 5) is 24.3. The molecule has 1 amide bonds. The fraction of sp³-hybridized carbons (Fsp3) is 0.167. The molecule has 0 fully saturated rings. The van der Waals surface area contributed by atoms with Crippen LogP contribution in [0, 0.1) is 11.3 Å². The number of halogens is 1. The zero-order valence-electron chi connectivity index (χ0n) is 13.0. The minimum Gasteiger partial charge on any atom is -0.467 e. The van der Waals surface area contributed by atoms with Crippen LogP contribution in [0.1, 0.15) is 21.5 Å². The van der Waals surface area contributed by atoms with Crippen molar-refractivity contribution in [3.63, 3.8) is 0 Å². The normalized spacial score (nSPS) is 11.2. The molecule has 5 nitrogen and oxygen atoms in total. The van der Waals surface area contributed by atoms with Crippen molar-refractivity contribution in [1.29, 1.82) is 5.26 Å². The Morgan fingerprint density at radius 3 is 2.33 bits per heavy atom. The molecule has 24 heavy (non-hydrogen) atoms. The van der Waals surface area contributed by atoms with Gasteiger partial charge in [0.15, 0.2) is 0 Å².